The summed E-state index contributed by atoms with van der Waals surface area (Å²) in [5, 5.41) is 9.81. The lowest BCUT2D eigenvalue weighted by molar-refractivity contribution is -0.142. The van der Waals surface area contributed by atoms with Crippen LogP contribution in [0, 0.1) is 12.8 Å². The molecule has 0 spiro atoms. The van der Waals surface area contributed by atoms with Gasteiger partial charge in [0.25, 0.3) is 0 Å². The number of hydrogen-bond acceptors (Lipinski definition) is 4. The van der Waals surface area contributed by atoms with Crippen LogP contribution in [0.15, 0.2) is 35.4 Å². The zero-order valence-electron chi connectivity index (χ0n) is 13.4. The molecule has 2 aromatic rings. The van der Waals surface area contributed by atoms with Gasteiger partial charge in [-0.1, -0.05) is 12.1 Å². The van der Waals surface area contributed by atoms with Crippen molar-refractivity contribution in [1.82, 2.24) is 9.71 Å². The third-order valence-electron chi connectivity index (χ3n) is 4.50. The lowest BCUT2D eigenvalue weighted by atomic mass is 9.87. The summed E-state index contributed by atoms with van der Waals surface area (Å²) in [6, 6.07) is 6.77. The molecule has 1 heterocycles. The molecule has 1 aromatic carbocycles. The molecule has 2 N–H and O–H groups in total. The summed E-state index contributed by atoms with van der Waals surface area (Å²) in [6.07, 6.45) is 3.71. The van der Waals surface area contributed by atoms with Crippen molar-refractivity contribution >= 4 is 26.9 Å². The van der Waals surface area contributed by atoms with Gasteiger partial charge < -0.3 is 5.11 Å². The van der Waals surface area contributed by atoms with Gasteiger partial charge in [0.2, 0.25) is 10.0 Å². The maximum absolute atomic E-state index is 12.7. The number of fused-ring (bicyclic) bond motifs is 1. The molecule has 0 bridgehead atoms. The minimum Gasteiger partial charge on any atom is -0.481 e. The Balaban J connectivity index is 1.83. The van der Waals surface area contributed by atoms with Gasteiger partial charge in [0, 0.05) is 17.6 Å². The maximum atomic E-state index is 12.7. The predicted molar refractivity (Wildman–Crippen MR) is 90.2 cm³/mol. The SMILES string of the molecule is Cc1cnc2c(S(=O)(=O)NC3CCC(C(=O)O)CC3)cccc2c1. The number of carbonyl (C=O) groups is 1. The van der Waals surface area contributed by atoms with Gasteiger partial charge in [-0.25, -0.2) is 13.1 Å². The smallest absolute Gasteiger partial charge is 0.306 e. The number of aryl methyl sites for hydroxylation is 1. The lowest BCUT2D eigenvalue weighted by Crippen LogP contribution is -2.38. The number of para-hydroxylation sites is 1. The molecular formula is C17H20N2O4S. The minimum absolute atomic E-state index is 0.167. The van der Waals surface area contributed by atoms with Crippen LogP contribution in [0.2, 0.25) is 0 Å². The molecule has 0 saturated heterocycles. The molecule has 0 amide bonds. The second kappa shape index (κ2) is 6.49. The fourth-order valence-electron chi connectivity index (χ4n) is 3.20. The Morgan fingerprint density at radius 1 is 1.25 bits per heavy atom. The molecule has 24 heavy (non-hydrogen) atoms. The van der Waals surface area contributed by atoms with Crippen molar-refractivity contribution in [2.45, 2.75) is 43.5 Å². The average Bonchev–Trinajstić information content (AvgIpc) is 2.54. The fourth-order valence-corrected chi connectivity index (χ4v) is 4.69. The van der Waals surface area contributed by atoms with Crippen LogP contribution >= 0.6 is 0 Å². The minimum atomic E-state index is -3.70. The van der Waals surface area contributed by atoms with Gasteiger partial charge in [-0.15, -0.1) is 0 Å². The summed E-state index contributed by atoms with van der Waals surface area (Å²) >= 11 is 0. The molecule has 1 aliphatic rings. The van der Waals surface area contributed by atoms with Crippen molar-refractivity contribution in [1.29, 1.82) is 0 Å². The van der Waals surface area contributed by atoms with E-state index in [-0.39, 0.29) is 16.9 Å². The van der Waals surface area contributed by atoms with E-state index in [1.807, 2.05) is 19.1 Å². The monoisotopic (exact) mass is 348 g/mol. The van der Waals surface area contributed by atoms with Gasteiger partial charge in [0.05, 0.1) is 11.4 Å². The number of nitrogens with one attached hydrogen (secondary N) is 1. The van der Waals surface area contributed by atoms with Crippen molar-refractivity contribution < 1.29 is 18.3 Å². The van der Waals surface area contributed by atoms with E-state index in [1.54, 1.807) is 18.3 Å². The normalized spacial score (nSPS) is 21.7. The molecule has 0 radical (unpaired) electrons. The molecule has 0 atom stereocenters. The second-order valence-electron chi connectivity index (χ2n) is 6.35. The fraction of sp³-hybridized carbons (Fsp3) is 0.412. The van der Waals surface area contributed by atoms with Crippen LogP contribution in [-0.2, 0) is 14.8 Å². The number of nitrogens with zero attached hydrogens (tertiary/aromatic N) is 1. The highest BCUT2D eigenvalue weighted by Gasteiger charge is 2.29. The van der Waals surface area contributed by atoms with Crippen LogP contribution in [0.3, 0.4) is 0 Å². The van der Waals surface area contributed by atoms with Gasteiger partial charge in [0.15, 0.2) is 0 Å². The first kappa shape index (κ1) is 16.9. The summed E-state index contributed by atoms with van der Waals surface area (Å²) < 4.78 is 28.2. The first-order valence-electron chi connectivity index (χ1n) is 7.97. The quantitative estimate of drug-likeness (QED) is 0.885. The highest BCUT2D eigenvalue weighted by atomic mass is 32.2. The standard InChI is InChI=1S/C17H20N2O4S/c1-11-9-13-3-2-4-15(16(13)18-10-11)24(22,23)19-14-7-5-12(6-8-14)17(20)21/h2-4,9-10,12,14,19H,5-8H2,1H3,(H,20,21). The number of sulfonamides is 1. The topological polar surface area (TPSA) is 96.4 Å². The van der Waals surface area contributed by atoms with E-state index in [2.05, 4.69) is 9.71 Å². The summed E-state index contributed by atoms with van der Waals surface area (Å²) in [5.74, 6) is -1.17. The predicted octanol–water partition coefficient (Wildman–Crippen LogP) is 2.46. The second-order valence-corrected chi connectivity index (χ2v) is 8.03. The van der Waals surface area contributed by atoms with E-state index in [0.29, 0.717) is 31.2 Å². The lowest BCUT2D eigenvalue weighted by Gasteiger charge is -2.26. The number of carboxylic acid groups (broad SMARTS) is 1. The zero-order valence-corrected chi connectivity index (χ0v) is 14.2. The summed E-state index contributed by atoms with van der Waals surface area (Å²) in [4.78, 5) is 15.4. The summed E-state index contributed by atoms with van der Waals surface area (Å²) in [7, 11) is -3.70. The number of hydrogen-bond donors (Lipinski definition) is 2. The van der Waals surface area contributed by atoms with E-state index in [1.165, 1.54) is 0 Å². The first-order chi connectivity index (χ1) is 11.4. The highest BCUT2D eigenvalue weighted by molar-refractivity contribution is 7.89. The third kappa shape index (κ3) is 3.42. The number of benzene rings is 1. The van der Waals surface area contributed by atoms with Crippen LogP contribution in [-0.4, -0.2) is 30.5 Å². The molecule has 3 rings (SSSR count). The molecule has 1 aliphatic carbocycles. The Morgan fingerprint density at radius 2 is 1.96 bits per heavy atom. The van der Waals surface area contributed by atoms with Crippen molar-refractivity contribution in [2.24, 2.45) is 5.92 Å². The van der Waals surface area contributed by atoms with Gasteiger partial charge in [0.1, 0.15) is 4.90 Å². The number of pyridine rings is 1. The number of aromatic nitrogens is 1. The zero-order chi connectivity index (χ0) is 17.3. The Hall–Kier alpha value is -1.99. The van der Waals surface area contributed by atoms with Crippen molar-refractivity contribution in [3.05, 3.63) is 36.0 Å². The van der Waals surface area contributed by atoms with Crippen LogP contribution in [0.4, 0.5) is 0 Å². The third-order valence-corrected chi connectivity index (χ3v) is 6.05. The van der Waals surface area contributed by atoms with Crippen LogP contribution in [0.5, 0.6) is 0 Å². The van der Waals surface area contributed by atoms with Crippen LogP contribution in [0.25, 0.3) is 10.9 Å². The summed E-state index contributed by atoms with van der Waals surface area (Å²) in [5.41, 5.74) is 1.42. The van der Waals surface area contributed by atoms with Gasteiger partial charge in [-0.05, 0) is 50.3 Å². The Labute approximate surface area is 141 Å². The van der Waals surface area contributed by atoms with Crippen LogP contribution in [0.1, 0.15) is 31.2 Å². The number of rotatable bonds is 4. The highest BCUT2D eigenvalue weighted by Crippen LogP contribution is 2.27. The number of aliphatic carboxylic acids is 1. The largest absolute Gasteiger partial charge is 0.481 e. The van der Waals surface area contributed by atoms with E-state index < -0.39 is 16.0 Å². The first-order valence-corrected chi connectivity index (χ1v) is 9.45. The van der Waals surface area contributed by atoms with E-state index in [4.69, 9.17) is 5.11 Å². The van der Waals surface area contributed by atoms with Crippen molar-refractivity contribution in [3.63, 3.8) is 0 Å². The average molecular weight is 348 g/mol. The molecule has 1 aromatic heterocycles. The van der Waals surface area contributed by atoms with Crippen LogP contribution < -0.4 is 4.72 Å². The summed E-state index contributed by atoms with van der Waals surface area (Å²) in [6.45, 7) is 1.91. The van der Waals surface area contributed by atoms with Crippen molar-refractivity contribution in [2.75, 3.05) is 0 Å². The van der Waals surface area contributed by atoms with Crippen molar-refractivity contribution in [3.8, 4) is 0 Å². The number of carboxylic acids is 1. The van der Waals surface area contributed by atoms with Gasteiger partial charge in [-0.2, -0.15) is 0 Å². The van der Waals surface area contributed by atoms with E-state index in [0.717, 1.165) is 10.9 Å². The molecule has 6 nitrogen and oxygen atoms in total. The molecule has 1 saturated carbocycles. The Kier molecular flexibility index (Phi) is 4.56. The molecule has 0 aliphatic heterocycles. The molecule has 1 fully saturated rings. The molecule has 7 heteroatoms. The molecular weight excluding hydrogens is 328 g/mol. The van der Waals surface area contributed by atoms with E-state index in [9.17, 15) is 13.2 Å². The van der Waals surface area contributed by atoms with Gasteiger partial charge >= 0.3 is 5.97 Å². The Bertz CT molecular complexity index is 871. The Morgan fingerprint density at radius 3 is 2.62 bits per heavy atom. The maximum Gasteiger partial charge on any atom is 0.306 e. The molecule has 128 valence electrons. The van der Waals surface area contributed by atoms with E-state index >= 15 is 0 Å². The van der Waals surface area contributed by atoms with Gasteiger partial charge in [-0.3, -0.25) is 9.78 Å². The molecule has 0 unspecified atom stereocenters.